The van der Waals surface area contributed by atoms with Crippen molar-refractivity contribution in [1.29, 1.82) is 0 Å². The van der Waals surface area contributed by atoms with E-state index >= 15 is 0 Å². The largest absolute Gasteiger partial charge is 0.569 e. The van der Waals surface area contributed by atoms with Crippen LogP contribution in [0.3, 0.4) is 0 Å². The Labute approximate surface area is 193 Å². The quantitative estimate of drug-likeness (QED) is 0.335. The van der Waals surface area contributed by atoms with Crippen LogP contribution < -0.4 is 4.65 Å². The number of hydrogen-bond acceptors (Lipinski definition) is 4. The Hall–Kier alpha value is -4.22. The minimum Gasteiger partial charge on any atom is -0.537 e. The van der Waals surface area contributed by atoms with Crippen molar-refractivity contribution in [1.82, 2.24) is 9.97 Å². The standard InChI is InChI=1S/C28H20BN2O2/c32-29-33-25-13-7-12-24(18-25)20-14-16-22(17-15-20)27-19-26(21-8-3-1-4-9-21)30-28(31-27)23-10-5-2-6-11-23/h1-19,32H. The first-order chi connectivity index (χ1) is 16.3. The summed E-state index contributed by atoms with van der Waals surface area (Å²) in [7, 11) is 0.686. The Morgan fingerprint density at radius 2 is 1.06 bits per heavy atom. The maximum atomic E-state index is 8.89. The van der Waals surface area contributed by atoms with Crippen LogP contribution >= 0.6 is 0 Å². The lowest BCUT2D eigenvalue weighted by molar-refractivity contribution is 0.454. The van der Waals surface area contributed by atoms with E-state index in [1.165, 1.54) is 0 Å². The molecular weight excluding hydrogens is 407 g/mol. The summed E-state index contributed by atoms with van der Waals surface area (Å²) in [5.74, 6) is 1.27. The van der Waals surface area contributed by atoms with Gasteiger partial charge in [0.15, 0.2) is 5.82 Å². The van der Waals surface area contributed by atoms with E-state index in [1.54, 1.807) is 6.07 Å². The first kappa shape index (κ1) is 20.7. The first-order valence-corrected chi connectivity index (χ1v) is 10.6. The van der Waals surface area contributed by atoms with Gasteiger partial charge in [-0.25, -0.2) is 9.97 Å². The van der Waals surface area contributed by atoms with Gasteiger partial charge in [0.05, 0.1) is 11.4 Å². The summed E-state index contributed by atoms with van der Waals surface area (Å²) in [6, 6.07) is 38.0. The Kier molecular flexibility index (Phi) is 5.96. The lowest BCUT2D eigenvalue weighted by Gasteiger charge is -2.10. The number of aromatic nitrogens is 2. The van der Waals surface area contributed by atoms with E-state index in [0.29, 0.717) is 19.3 Å². The molecule has 4 nitrogen and oxygen atoms in total. The SMILES string of the molecule is O[B]Oc1cccc(-c2ccc(-c3cc(-c4ccccc4)nc(-c4ccccc4)n3)cc2)c1. The second-order valence-electron chi connectivity index (χ2n) is 7.52. The zero-order valence-corrected chi connectivity index (χ0v) is 17.8. The molecular formula is C28H20BN2O2. The van der Waals surface area contributed by atoms with Crippen molar-refractivity contribution < 1.29 is 9.68 Å². The molecule has 0 unspecified atom stereocenters. The molecule has 0 aliphatic rings. The molecule has 5 rings (SSSR count). The van der Waals surface area contributed by atoms with Crippen LogP contribution in [0.25, 0.3) is 45.0 Å². The Morgan fingerprint density at radius 1 is 0.515 bits per heavy atom. The fourth-order valence-electron chi connectivity index (χ4n) is 3.71. The fraction of sp³-hybridized carbons (Fsp3) is 0. The van der Waals surface area contributed by atoms with E-state index in [1.807, 2.05) is 72.8 Å². The van der Waals surface area contributed by atoms with Crippen LogP contribution in [0.15, 0.2) is 115 Å². The van der Waals surface area contributed by atoms with E-state index in [9.17, 15) is 0 Å². The second-order valence-corrected chi connectivity index (χ2v) is 7.52. The maximum Gasteiger partial charge on any atom is 0.569 e. The summed E-state index contributed by atoms with van der Waals surface area (Å²) in [4.78, 5) is 9.72. The van der Waals surface area contributed by atoms with Crippen LogP contribution in [0, 0.1) is 0 Å². The highest BCUT2D eigenvalue weighted by Gasteiger charge is 2.11. The minimum absolute atomic E-state index is 0.579. The van der Waals surface area contributed by atoms with E-state index in [2.05, 4.69) is 36.4 Å². The van der Waals surface area contributed by atoms with Gasteiger partial charge in [0.25, 0.3) is 0 Å². The predicted octanol–water partition coefficient (Wildman–Crippen LogP) is 6.05. The Balaban J connectivity index is 1.55. The highest BCUT2D eigenvalue weighted by Crippen LogP contribution is 2.30. The smallest absolute Gasteiger partial charge is 0.537 e. The molecule has 157 valence electrons. The van der Waals surface area contributed by atoms with E-state index in [0.717, 1.165) is 39.2 Å². The zero-order chi connectivity index (χ0) is 22.5. The van der Waals surface area contributed by atoms with Gasteiger partial charge < -0.3 is 9.68 Å². The van der Waals surface area contributed by atoms with E-state index in [-0.39, 0.29) is 0 Å². The third-order valence-corrected chi connectivity index (χ3v) is 5.36. The molecule has 1 N–H and O–H groups in total. The van der Waals surface area contributed by atoms with Crippen LogP contribution in [-0.4, -0.2) is 22.7 Å². The molecule has 1 heterocycles. The Morgan fingerprint density at radius 3 is 1.70 bits per heavy atom. The lowest BCUT2D eigenvalue weighted by atomic mass is 10.0. The highest BCUT2D eigenvalue weighted by molar-refractivity contribution is 6.17. The third-order valence-electron chi connectivity index (χ3n) is 5.36. The molecule has 0 spiro atoms. The van der Waals surface area contributed by atoms with Crippen molar-refractivity contribution in [3.63, 3.8) is 0 Å². The molecule has 4 aromatic carbocycles. The lowest BCUT2D eigenvalue weighted by Crippen LogP contribution is -1.99. The molecule has 0 fully saturated rings. The van der Waals surface area contributed by atoms with Crippen LogP contribution in [0.1, 0.15) is 0 Å². The van der Waals surface area contributed by atoms with Crippen LogP contribution in [0.2, 0.25) is 0 Å². The summed E-state index contributed by atoms with van der Waals surface area (Å²) >= 11 is 0. The minimum atomic E-state index is 0.579. The van der Waals surface area contributed by atoms with Crippen molar-refractivity contribution in [3.8, 4) is 50.8 Å². The van der Waals surface area contributed by atoms with Gasteiger partial charge in [-0.15, -0.1) is 0 Å². The van der Waals surface area contributed by atoms with Crippen molar-refractivity contribution in [2.75, 3.05) is 0 Å². The molecule has 1 aromatic heterocycles. The van der Waals surface area contributed by atoms with Gasteiger partial charge in [-0.1, -0.05) is 97.1 Å². The monoisotopic (exact) mass is 427 g/mol. The summed E-state index contributed by atoms with van der Waals surface area (Å²) in [5, 5.41) is 8.89. The summed E-state index contributed by atoms with van der Waals surface area (Å²) in [6.07, 6.45) is 0. The zero-order valence-electron chi connectivity index (χ0n) is 17.8. The Bertz CT molecular complexity index is 1300. The molecule has 0 aliphatic carbocycles. The molecule has 1 radical (unpaired) electrons. The average molecular weight is 427 g/mol. The fourth-order valence-corrected chi connectivity index (χ4v) is 3.71. The molecule has 33 heavy (non-hydrogen) atoms. The summed E-state index contributed by atoms with van der Waals surface area (Å²) in [6.45, 7) is 0. The molecule has 0 bridgehead atoms. The molecule has 0 saturated carbocycles. The number of rotatable bonds is 6. The maximum absolute atomic E-state index is 8.89. The number of hydrogen-bond donors (Lipinski definition) is 1. The van der Waals surface area contributed by atoms with Gasteiger partial charge in [0.1, 0.15) is 5.75 Å². The normalized spacial score (nSPS) is 10.6. The van der Waals surface area contributed by atoms with Crippen LogP contribution in [0.4, 0.5) is 0 Å². The molecule has 5 aromatic rings. The van der Waals surface area contributed by atoms with Crippen molar-refractivity contribution in [2.24, 2.45) is 0 Å². The molecule has 5 heteroatoms. The van der Waals surface area contributed by atoms with Crippen LogP contribution in [0.5, 0.6) is 5.75 Å². The second kappa shape index (κ2) is 9.51. The van der Waals surface area contributed by atoms with Gasteiger partial charge in [0.2, 0.25) is 0 Å². The van der Waals surface area contributed by atoms with E-state index < -0.39 is 0 Å². The van der Waals surface area contributed by atoms with Gasteiger partial charge in [-0.3, -0.25) is 0 Å². The topological polar surface area (TPSA) is 55.2 Å². The highest BCUT2D eigenvalue weighted by atomic mass is 16.5. The van der Waals surface area contributed by atoms with Gasteiger partial charge in [-0.05, 0) is 29.3 Å². The molecule has 0 atom stereocenters. The summed E-state index contributed by atoms with van der Waals surface area (Å²) in [5.41, 5.74) is 6.82. The van der Waals surface area contributed by atoms with Crippen molar-refractivity contribution in [2.45, 2.75) is 0 Å². The first-order valence-electron chi connectivity index (χ1n) is 10.6. The third kappa shape index (κ3) is 4.69. The van der Waals surface area contributed by atoms with Gasteiger partial charge in [-0.2, -0.15) is 0 Å². The van der Waals surface area contributed by atoms with Gasteiger partial charge in [0, 0.05) is 16.7 Å². The number of nitrogens with zero attached hydrogens (tertiary/aromatic N) is 2. The van der Waals surface area contributed by atoms with Gasteiger partial charge >= 0.3 is 7.69 Å². The summed E-state index contributed by atoms with van der Waals surface area (Å²) < 4.78 is 5.09. The average Bonchev–Trinajstić information content (AvgIpc) is 2.90. The van der Waals surface area contributed by atoms with Crippen molar-refractivity contribution >= 4 is 7.69 Å². The van der Waals surface area contributed by atoms with Crippen molar-refractivity contribution in [3.05, 3.63) is 115 Å². The van der Waals surface area contributed by atoms with E-state index in [4.69, 9.17) is 19.6 Å². The number of benzene rings is 4. The molecule has 0 aliphatic heterocycles. The predicted molar refractivity (Wildman–Crippen MR) is 132 cm³/mol. The molecule has 0 saturated heterocycles. The molecule has 0 amide bonds. The van der Waals surface area contributed by atoms with Crippen LogP contribution in [-0.2, 0) is 0 Å².